The number of rotatable bonds is 5. The number of thioether (sulfide) groups is 1. The Balaban J connectivity index is 2.89. The highest BCUT2D eigenvalue weighted by Gasteiger charge is 2.15. The molecule has 0 bridgehead atoms. The van der Waals surface area contributed by atoms with Gasteiger partial charge in [0, 0.05) is 4.90 Å². The van der Waals surface area contributed by atoms with E-state index in [2.05, 4.69) is 45.2 Å². The van der Waals surface area contributed by atoms with Gasteiger partial charge in [-0.05, 0) is 60.7 Å². The van der Waals surface area contributed by atoms with Gasteiger partial charge < -0.3 is 5.73 Å². The van der Waals surface area contributed by atoms with Crippen molar-refractivity contribution >= 4 is 11.8 Å². The van der Waals surface area contributed by atoms with E-state index in [-0.39, 0.29) is 5.41 Å². The molecule has 1 aromatic carbocycles. The first-order valence-electron chi connectivity index (χ1n) is 6.36. The van der Waals surface area contributed by atoms with Gasteiger partial charge in [0.1, 0.15) is 0 Å². The molecule has 0 aliphatic carbocycles. The van der Waals surface area contributed by atoms with Crippen LogP contribution in [0.25, 0.3) is 0 Å². The number of benzene rings is 1. The van der Waals surface area contributed by atoms with Gasteiger partial charge in [-0.1, -0.05) is 26.8 Å². The van der Waals surface area contributed by atoms with Crippen molar-refractivity contribution in [1.82, 2.24) is 0 Å². The van der Waals surface area contributed by atoms with E-state index >= 15 is 0 Å². The number of hydrogen-bond donors (Lipinski definition) is 1. The molecule has 1 nitrogen and oxygen atoms in total. The van der Waals surface area contributed by atoms with Crippen molar-refractivity contribution in [3.05, 3.63) is 29.3 Å². The minimum atomic E-state index is 0.231. The normalized spacial score (nSPS) is 11.8. The van der Waals surface area contributed by atoms with Crippen molar-refractivity contribution < 1.29 is 0 Å². The van der Waals surface area contributed by atoms with Gasteiger partial charge in [-0.3, -0.25) is 0 Å². The molecule has 0 saturated carbocycles. The van der Waals surface area contributed by atoms with Gasteiger partial charge in [0.15, 0.2) is 0 Å². The van der Waals surface area contributed by atoms with Gasteiger partial charge in [-0.25, -0.2) is 0 Å². The first-order chi connectivity index (χ1) is 7.97. The zero-order valence-electron chi connectivity index (χ0n) is 11.5. The van der Waals surface area contributed by atoms with Crippen LogP contribution in [0, 0.1) is 0 Å². The van der Waals surface area contributed by atoms with Crippen LogP contribution in [0.4, 0.5) is 0 Å². The molecule has 0 heterocycles. The average molecular weight is 251 g/mol. The highest BCUT2D eigenvalue weighted by molar-refractivity contribution is 7.98. The average Bonchev–Trinajstić information content (AvgIpc) is 2.28. The number of hydrogen-bond acceptors (Lipinski definition) is 2. The van der Waals surface area contributed by atoms with Gasteiger partial charge in [-0.15, -0.1) is 11.8 Å². The van der Waals surface area contributed by atoms with E-state index in [1.165, 1.54) is 22.4 Å². The van der Waals surface area contributed by atoms with Gasteiger partial charge in [0.25, 0.3) is 0 Å². The van der Waals surface area contributed by atoms with Crippen LogP contribution in [0.15, 0.2) is 23.1 Å². The molecule has 0 fully saturated rings. The Kier molecular flexibility index (Phi) is 5.54. The molecule has 17 heavy (non-hydrogen) atoms. The van der Waals surface area contributed by atoms with E-state index in [0.29, 0.717) is 0 Å². The van der Waals surface area contributed by atoms with Gasteiger partial charge >= 0.3 is 0 Å². The van der Waals surface area contributed by atoms with Crippen LogP contribution in [-0.4, -0.2) is 12.8 Å². The summed E-state index contributed by atoms with van der Waals surface area (Å²) in [5.41, 5.74) is 8.67. The van der Waals surface area contributed by atoms with E-state index in [4.69, 9.17) is 5.73 Å². The van der Waals surface area contributed by atoms with E-state index in [0.717, 1.165) is 19.4 Å². The molecule has 0 atom stereocenters. The van der Waals surface area contributed by atoms with Crippen molar-refractivity contribution in [2.75, 3.05) is 12.8 Å². The smallest absolute Gasteiger partial charge is 0.00748 e. The predicted molar refractivity (Wildman–Crippen MR) is 78.9 cm³/mol. The van der Waals surface area contributed by atoms with Gasteiger partial charge in [0.05, 0.1) is 0 Å². The summed E-state index contributed by atoms with van der Waals surface area (Å²) in [7, 11) is 0. The lowest BCUT2D eigenvalue weighted by molar-refractivity contribution is 0.587. The molecule has 0 aliphatic rings. The Morgan fingerprint density at radius 3 is 2.35 bits per heavy atom. The lowest BCUT2D eigenvalue weighted by atomic mass is 9.86. The molecule has 0 aromatic heterocycles. The maximum absolute atomic E-state index is 5.54. The molecule has 0 amide bonds. The maximum Gasteiger partial charge on any atom is 0.00748 e. The number of unbranched alkanes of at least 4 members (excludes halogenated alkanes) is 1. The molecule has 0 unspecified atom stereocenters. The fraction of sp³-hybridized carbons (Fsp3) is 0.600. The van der Waals surface area contributed by atoms with Gasteiger partial charge in [-0.2, -0.15) is 0 Å². The molecule has 2 N–H and O–H groups in total. The second-order valence-electron chi connectivity index (χ2n) is 5.57. The Bertz CT molecular complexity index is 352. The molecule has 0 aliphatic heterocycles. The molecule has 1 rings (SSSR count). The van der Waals surface area contributed by atoms with Crippen LogP contribution in [0.1, 0.15) is 44.7 Å². The van der Waals surface area contributed by atoms with Crippen molar-refractivity contribution in [2.24, 2.45) is 5.73 Å². The second-order valence-corrected chi connectivity index (χ2v) is 6.45. The maximum atomic E-state index is 5.54. The largest absolute Gasteiger partial charge is 0.330 e. The van der Waals surface area contributed by atoms with Crippen LogP contribution in [0.2, 0.25) is 0 Å². The monoisotopic (exact) mass is 251 g/mol. The summed E-state index contributed by atoms with van der Waals surface area (Å²) in [5, 5.41) is 0. The highest BCUT2D eigenvalue weighted by atomic mass is 32.2. The Morgan fingerprint density at radius 2 is 1.82 bits per heavy atom. The Hall–Kier alpha value is -0.470. The molecule has 96 valence electrons. The minimum Gasteiger partial charge on any atom is -0.330 e. The molecule has 0 radical (unpaired) electrons. The summed E-state index contributed by atoms with van der Waals surface area (Å²) in [5.74, 6) is 0. The van der Waals surface area contributed by atoms with Crippen molar-refractivity contribution in [1.29, 1.82) is 0 Å². The fourth-order valence-electron chi connectivity index (χ4n) is 1.83. The molecular formula is C15H25NS. The third-order valence-corrected chi connectivity index (χ3v) is 3.69. The first kappa shape index (κ1) is 14.6. The Labute approximate surface area is 110 Å². The van der Waals surface area contributed by atoms with Crippen LogP contribution in [0.5, 0.6) is 0 Å². The molecular weight excluding hydrogens is 226 g/mol. The molecule has 2 heteroatoms. The lowest BCUT2D eigenvalue weighted by Gasteiger charge is -2.21. The quantitative estimate of drug-likeness (QED) is 0.632. The van der Waals surface area contributed by atoms with Crippen LogP contribution < -0.4 is 5.73 Å². The van der Waals surface area contributed by atoms with Crippen molar-refractivity contribution in [2.45, 2.75) is 50.3 Å². The Morgan fingerprint density at radius 1 is 1.12 bits per heavy atom. The summed E-state index contributed by atoms with van der Waals surface area (Å²) < 4.78 is 0. The summed E-state index contributed by atoms with van der Waals surface area (Å²) in [4.78, 5) is 1.38. The van der Waals surface area contributed by atoms with E-state index in [9.17, 15) is 0 Å². The van der Waals surface area contributed by atoms with Crippen molar-refractivity contribution in [3.8, 4) is 0 Å². The third kappa shape index (κ3) is 4.72. The molecule has 1 aromatic rings. The highest BCUT2D eigenvalue weighted by Crippen LogP contribution is 2.28. The topological polar surface area (TPSA) is 26.0 Å². The first-order valence-corrected chi connectivity index (χ1v) is 7.58. The van der Waals surface area contributed by atoms with E-state index < -0.39 is 0 Å². The van der Waals surface area contributed by atoms with E-state index in [1.54, 1.807) is 0 Å². The molecule has 0 spiro atoms. The SMILES string of the molecule is CSc1cc(CCCCN)cc(C(C)(C)C)c1. The standard InChI is InChI=1S/C15H25NS/c1-15(2,3)13-9-12(7-5-6-8-16)10-14(11-13)17-4/h9-11H,5-8,16H2,1-4H3. The molecule has 0 saturated heterocycles. The number of aryl methyl sites for hydroxylation is 1. The predicted octanol–water partition coefficient (Wildman–Crippen LogP) is 3.99. The number of nitrogens with two attached hydrogens (primary N) is 1. The van der Waals surface area contributed by atoms with E-state index in [1.807, 2.05) is 11.8 Å². The summed E-state index contributed by atoms with van der Waals surface area (Å²) in [6, 6.07) is 6.99. The van der Waals surface area contributed by atoms with Crippen LogP contribution in [0.3, 0.4) is 0 Å². The van der Waals surface area contributed by atoms with Crippen LogP contribution >= 0.6 is 11.8 Å². The zero-order valence-corrected chi connectivity index (χ0v) is 12.4. The van der Waals surface area contributed by atoms with Crippen molar-refractivity contribution in [3.63, 3.8) is 0 Å². The third-order valence-electron chi connectivity index (χ3n) is 2.99. The second kappa shape index (κ2) is 6.46. The summed E-state index contributed by atoms with van der Waals surface area (Å²) in [6.45, 7) is 7.62. The van der Waals surface area contributed by atoms with Crippen LogP contribution in [-0.2, 0) is 11.8 Å². The lowest BCUT2D eigenvalue weighted by Crippen LogP contribution is -2.11. The summed E-state index contributed by atoms with van der Waals surface area (Å²) in [6.07, 6.45) is 5.60. The zero-order chi connectivity index (χ0) is 12.9. The minimum absolute atomic E-state index is 0.231. The summed E-state index contributed by atoms with van der Waals surface area (Å²) >= 11 is 1.83. The fourth-order valence-corrected chi connectivity index (χ4v) is 2.34. The van der Waals surface area contributed by atoms with Gasteiger partial charge in [0.2, 0.25) is 0 Å².